The van der Waals surface area contributed by atoms with Crippen molar-refractivity contribution in [3.8, 4) is 11.5 Å². The van der Waals surface area contributed by atoms with E-state index in [0.29, 0.717) is 17.5 Å². The van der Waals surface area contributed by atoms with E-state index in [1.54, 1.807) is 6.07 Å². The Bertz CT molecular complexity index is 477. The highest BCUT2D eigenvalue weighted by Gasteiger charge is 2.40. The molecule has 21 heavy (non-hydrogen) atoms. The molecule has 0 saturated carbocycles. The Morgan fingerprint density at radius 1 is 1.24 bits per heavy atom. The molecular weight excluding hydrogens is 334 g/mol. The van der Waals surface area contributed by atoms with Gasteiger partial charge < -0.3 is 15.3 Å². The molecule has 0 aromatic heterocycles. The number of fused-ring (bicyclic) bond motifs is 1. The van der Waals surface area contributed by atoms with E-state index < -0.39 is 5.72 Å². The molecule has 1 aromatic rings. The van der Waals surface area contributed by atoms with Crippen LogP contribution >= 0.6 is 17.0 Å². The molecule has 0 aliphatic heterocycles. The largest absolute Gasteiger partial charge is 0.504 e. The number of hydrogen-bond acceptors (Lipinski definition) is 4. The number of aromatic hydroxyl groups is 2. The van der Waals surface area contributed by atoms with Gasteiger partial charge in [0.2, 0.25) is 0 Å². The molecule has 0 amide bonds. The average Bonchev–Trinajstić information content (AvgIpc) is 2.41. The van der Waals surface area contributed by atoms with E-state index in [4.69, 9.17) is 5.73 Å². The van der Waals surface area contributed by atoms with Gasteiger partial charge in [0.1, 0.15) is 5.72 Å². The zero-order chi connectivity index (χ0) is 14.8. The summed E-state index contributed by atoms with van der Waals surface area (Å²) >= 11 is 0. The van der Waals surface area contributed by atoms with Crippen LogP contribution in [0.1, 0.15) is 56.6 Å². The molecule has 1 aliphatic rings. The van der Waals surface area contributed by atoms with E-state index in [9.17, 15) is 15.3 Å². The van der Waals surface area contributed by atoms with Gasteiger partial charge >= 0.3 is 0 Å². The molecule has 0 spiro atoms. The predicted octanol–water partition coefficient (Wildman–Crippen LogP) is 3.31. The molecule has 2 atom stereocenters. The van der Waals surface area contributed by atoms with Gasteiger partial charge in [-0.15, -0.1) is 17.0 Å². The van der Waals surface area contributed by atoms with Crippen LogP contribution < -0.4 is 5.73 Å². The molecule has 5 N–H and O–H groups in total. The molecular formula is C16H26BrNO3. The summed E-state index contributed by atoms with van der Waals surface area (Å²) in [6, 6.07) is 3.02. The van der Waals surface area contributed by atoms with Crippen molar-refractivity contribution < 1.29 is 15.3 Å². The van der Waals surface area contributed by atoms with E-state index in [0.717, 1.165) is 25.7 Å². The molecule has 5 heteroatoms. The first-order chi connectivity index (χ1) is 9.48. The smallest absolute Gasteiger partial charge is 0.161 e. The number of unbranched alkanes of at least 4 members (excludes halogenated alkanes) is 3. The lowest BCUT2D eigenvalue weighted by Crippen LogP contribution is -2.47. The first-order valence-electron chi connectivity index (χ1n) is 7.54. The fourth-order valence-electron chi connectivity index (χ4n) is 3.19. The van der Waals surface area contributed by atoms with Gasteiger partial charge in [-0.3, -0.25) is 5.73 Å². The number of nitrogens with two attached hydrogens (primary N) is 1. The van der Waals surface area contributed by atoms with Gasteiger partial charge in [-0.1, -0.05) is 38.7 Å². The van der Waals surface area contributed by atoms with E-state index in [1.165, 1.54) is 18.9 Å². The summed E-state index contributed by atoms with van der Waals surface area (Å²) in [6.45, 7) is 2.17. The van der Waals surface area contributed by atoms with Crippen LogP contribution in [0.4, 0.5) is 0 Å². The highest BCUT2D eigenvalue weighted by atomic mass is 79.9. The first kappa shape index (κ1) is 18.3. The Morgan fingerprint density at radius 2 is 1.95 bits per heavy atom. The highest BCUT2D eigenvalue weighted by molar-refractivity contribution is 8.93. The lowest BCUT2D eigenvalue weighted by molar-refractivity contribution is -0.0344. The van der Waals surface area contributed by atoms with Crippen LogP contribution in [0.5, 0.6) is 11.5 Å². The van der Waals surface area contributed by atoms with Gasteiger partial charge in [0, 0.05) is 17.0 Å². The van der Waals surface area contributed by atoms with Crippen molar-refractivity contribution in [3.05, 3.63) is 23.3 Å². The Balaban J connectivity index is 0.00000220. The van der Waals surface area contributed by atoms with Crippen molar-refractivity contribution in [2.24, 2.45) is 11.7 Å². The quantitative estimate of drug-likeness (QED) is 0.369. The van der Waals surface area contributed by atoms with Gasteiger partial charge in [-0.2, -0.15) is 0 Å². The molecule has 0 fully saturated rings. The minimum atomic E-state index is -1.41. The maximum absolute atomic E-state index is 10.6. The highest BCUT2D eigenvalue weighted by Crippen LogP contribution is 2.44. The second-order valence-electron chi connectivity index (χ2n) is 5.87. The van der Waals surface area contributed by atoms with Crippen LogP contribution in [-0.2, 0) is 12.1 Å². The van der Waals surface area contributed by atoms with Gasteiger partial charge in [-0.05, 0) is 25.3 Å². The molecule has 2 unspecified atom stereocenters. The van der Waals surface area contributed by atoms with Gasteiger partial charge in [0.05, 0.1) is 0 Å². The summed E-state index contributed by atoms with van der Waals surface area (Å²) in [5, 5.41) is 30.1. The maximum Gasteiger partial charge on any atom is 0.161 e. The normalized spacial score (nSPS) is 24.2. The number of halogens is 1. The molecule has 120 valence electrons. The summed E-state index contributed by atoms with van der Waals surface area (Å²) < 4.78 is 0. The Kier molecular flexibility index (Phi) is 6.50. The minimum Gasteiger partial charge on any atom is -0.504 e. The second-order valence-corrected chi connectivity index (χ2v) is 5.87. The monoisotopic (exact) mass is 359 g/mol. The van der Waals surface area contributed by atoms with E-state index in [1.807, 2.05) is 0 Å². The summed E-state index contributed by atoms with van der Waals surface area (Å²) in [7, 11) is 0. The van der Waals surface area contributed by atoms with Crippen molar-refractivity contribution >= 4 is 17.0 Å². The number of hydrogen-bond donors (Lipinski definition) is 4. The average molecular weight is 360 g/mol. The molecule has 4 nitrogen and oxygen atoms in total. The van der Waals surface area contributed by atoms with Gasteiger partial charge in [0.15, 0.2) is 11.5 Å². The first-order valence-corrected chi connectivity index (χ1v) is 7.54. The number of rotatable bonds is 5. The Hall–Kier alpha value is -0.780. The maximum atomic E-state index is 10.6. The van der Waals surface area contributed by atoms with Crippen LogP contribution in [0, 0.1) is 5.92 Å². The van der Waals surface area contributed by atoms with Crippen LogP contribution in [0.15, 0.2) is 12.1 Å². The molecule has 0 bridgehead atoms. The fraction of sp³-hybridized carbons (Fsp3) is 0.625. The van der Waals surface area contributed by atoms with Crippen molar-refractivity contribution in [2.45, 2.75) is 57.6 Å². The molecule has 0 radical (unpaired) electrons. The SMILES string of the molecule is Br.CCCCCCC1CCc2c(ccc(O)c2O)C1(N)O. The zero-order valence-electron chi connectivity index (χ0n) is 12.5. The number of phenolic OH excluding ortho intramolecular Hbond substituents is 2. The predicted molar refractivity (Wildman–Crippen MR) is 88.7 cm³/mol. The van der Waals surface area contributed by atoms with Crippen molar-refractivity contribution in [1.29, 1.82) is 0 Å². The third kappa shape index (κ3) is 3.71. The number of benzene rings is 1. The summed E-state index contributed by atoms with van der Waals surface area (Å²) in [6.07, 6.45) is 6.91. The minimum absolute atomic E-state index is 0. The Morgan fingerprint density at radius 3 is 2.62 bits per heavy atom. The number of phenols is 2. The Labute approximate surface area is 136 Å². The van der Waals surface area contributed by atoms with Gasteiger partial charge in [-0.25, -0.2) is 0 Å². The van der Waals surface area contributed by atoms with E-state index >= 15 is 0 Å². The standard InChI is InChI=1S/C16H25NO3.BrH/c1-2-3-4-5-6-11-7-8-12-13(16(11,17)20)9-10-14(18)15(12)19;/h9-11,18-20H,2-8,17H2,1H3;1H. The van der Waals surface area contributed by atoms with Crippen molar-refractivity contribution in [2.75, 3.05) is 0 Å². The molecule has 1 aromatic carbocycles. The van der Waals surface area contributed by atoms with Gasteiger partial charge in [0.25, 0.3) is 0 Å². The summed E-state index contributed by atoms with van der Waals surface area (Å²) in [5.41, 5.74) is 5.86. The summed E-state index contributed by atoms with van der Waals surface area (Å²) in [5.74, 6) is -0.285. The molecule has 0 heterocycles. The van der Waals surface area contributed by atoms with Crippen LogP contribution in [0.25, 0.3) is 0 Å². The van der Waals surface area contributed by atoms with Crippen molar-refractivity contribution in [1.82, 2.24) is 0 Å². The van der Waals surface area contributed by atoms with E-state index in [2.05, 4.69) is 6.92 Å². The lowest BCUT2D eigenvalue weighted by atomic mass is 9.74. The number of aliphatic hydroxyl groups is 1. The molecule has 0 saturated heterocycles. The molecule has 2 rings (SSSR count). The van der Waals surface area contributed by atoms with Crippen LogP contribution in [0.3, 0.4) is 0 Å². The summed E-state index contributed by atoms with van der Waals surface area (Å²) in [4.78, 5) is 0. The lowest BCUT2D eigenvalue weighted by Gasteiger charge is -2.39. The van der Waals surface area contributed by atoms with Crippen LogP contribution in [0.2, 0.25) is 0 Å². The fourth-order valence-corrected chi connectivity index (χ4v) is 3.19. The molecule has 1 aliphatic carbocycles. The topological polar surface area (TPSA) is 86.7 Å². The third-order valence-electron chi connectivity index (χ3n) is 4.46. The zero-order valence-corrected chi connectivity index (χ0v) is 14.2. The van der Waals surface area contributed by atoms with Crippen molar-refractivity contribution in [3.63, 3.8) is 0 Å². The second kappa shape index (κ2) is 7.47. The van der Waals surface area contributed by atoms with Crippen LogP contribution in [-0.4, -0.2) is 15.3 Å². The van der Waals surface area contributed by atoms with E-state index in [-0.39, 0.29) is 34.4 Å². The third-order valence-corrected chi connectivity index (χ3v) is 4.46.